The smallest absolute Gasteiger partial charge is 0.306 e. The van der Waals surface area contributed by atoms with Crippen molar-refractivity contribution in [3.8, 4) is 0 Å². The number of hydrogen-bond donors (Lipinski definition) is 0. The van der Waals surface area contributed by atoms with E-state index in [1.807, 2.05) is 27.7 Å². The Morgan fingerprint density at radius 3 is 2.00 bits per heavy atom. The molecule has 0 aliphatic heterocycles. The van der Waals surface area contributed by atoms with Crippen LogP contribution < -0.4 is 0 Å². The van der Waals surface area contributed by atoms with Crippen LogP contribution >= 0.6 is 0 Å². The van der Waals surface area contributed by atoms with Crippen molar-refractivity contribution in [2.45, 2.75) is 53.6 Å². The summed E-state index contributed by atoms with van der Waals surface area (Å²) in [7, 11) is 0. The quantitative estimate of drug-likeness (QED) is 0.631. The van der Waals surface area contributed by atoms with Crippen molar-refractivity contribution in [2.75, 3.05) is 0 Å². The third-order valence-corrected chi connectivity index (χ3v) is 2.34. The first-order chi connectivity index (χ1) is 5.75. The lowest BCUT2D eigenvalue weighted by molar-refractivity contribution is -0.161. The van der Waals surface area contributed by atoms with Crippen LogP contribution in [0.1, 0.15) is 48.0 Å². The van der Waals surface area contributed by atoms with Crippen LogP contribution in [0.25, 0.3) is 0 Å². The van der Waals surface area contributed by atoms with Gasteiger partial charge in [0.25, 0.3) is 0 Å². The first-order valence-corrected chi connectivity index (χ1v) is 4.97. The van der Waals surface area contributed by atoms with Gasteiger partial charge in [-0.1, -0.05) is 27.7 Å². The summed E-state index contributed by atoms with van der Waals surface area (Å²) in [6, 6.07) is 0. The molecule has 0 saturated heterocycles. The van der Waals surface area contributed by atoms with Gasteiger partial charge in [-0.05, 0) is 25.7 Å². The molecular weight excluding hydrogens is 164 g/mol. The largest absolute Gasteiger partial charge is 0.459 e. The Hall–Kier alpha value is -0.530. The summed E-state index contributed by atoms with van der Waals surface area (Å²) in [6.07, 6.45) is 0.510. The molecule has 0 aromatic heterocycles. The van der Waals surface area contributed by atoms with Crippen LogP contribution in [0.15, 0.2) is 0 Å². The second-order valence-corrected chi connectivity index (χ2v) is 4.83. The Morgan fingerprint density at radius 1 is 1.23 bits per heavy atom. The van der Waals surface area contributed by atoms with Crippen LogP contribution in [-0.4, -0.2) is 11.6 Å². The van der Waals surface area contributed by atoms with Gasteiger partial charge in [0.1, 0.15) is 5.60 Å². The molecule has 0 aromatic rings. The van der Waals surface area contributed by atoms with E-state index in [1.54, 1.807) is 0 Å². The van der Waals surface area contributed by atoms with Gasteiger partial charge in [-0.3, -0.25) is 4.79 Å². The third kappa shape index (κ3) is 4.91. The Labute approximate surface area is 81.7 Å². The van der Waals surface area contributed by atoms with E-state index in [2.05, 4.69) is 13.8 Å². The maximum absolute atomic E-state index is 11.4. The van der Waals surface area contributed by atoms with E-state index in [-0.39, 0.29) is 11.6 Å². The van der Waals surface area contributed by atoms with Crippen LogP contribution in [-0.2, 0) is 9.53 Å². The zero-order chi connectivity index (χ0) is 10.6. The molecule has 0 fully saturated rings. The fraction of sp³-hybridized carbons (Fsp3) is 0.909. The minimum atomic E-state index is -0.341. The number of carbonyl (C=O) groups excluding carboxylic acids is 1. The number of hydrogen-bond acceptors (Lipinski definition) is 2. The van der Waals surface area contributed by atoms with Crippen molar-refractivity contribution in [3.63, 3.8) is 0 Å². The number of ether oxygens (including phenoxy) is 1. The summed E-state index contributed by atoms with van der Waals surface area (Å²) in [5.74, 6) is 0.632. The molecule has 0 heterocycles. The monoisotopic (exact) mass is 186 g/mol. The van der Waals surface area contributed by atoms with Gasteiger partial charge < -0.3 is 4.74 Å². The van der Waals surface area contributed by atoms with Gasteiger partial charge in [0.15, 0.2) is 0 Å². The van der Waals surface area contributed by atoms with E-state index >= 15 is 0 Å². The fourth-order valence-electron chi connectivity index (χ4n) is 0.786. The van der Waals surface area contributed by atoms with Crippen molar-refractivity contribution in [1.29, 1.82) is 0 Å². The van der Waals surface area contributed by atoms with Gasteiger partial charge in [0.05, 0.1) is 0 Å². The average Bonchev–Trinajstić information content (AvgIpc) is 1.82. The van der Waals surface area contributed by atoms with Crippen LogP contribution in [0.3, 0.4) is 0 Å². The normalized spacial score (nSPS) is 12.3. The Bertz CT molecular complexity index is 169. The van der Waals surface area contributed by atoms with Crippen LogP contribution in [0.4, 0.5) is 0 Å². The highest BCUT2D eigenvalue weighted by Crippen LogP contribution is 2.21. The second-order valence-electron chi connectivity index (χ2n) is 4.83. The summed E-state index contributed by atoms with van der Waals surface area (Å²) in [6.45, 7) is 12.1. The second kappa shape index (κ2) is 4.64. The molecule has 0 unspecified atom stereocenters. The lowest BCUT2D eigenvalue weighted by Crippen LogP contribution is -2.34. The molecule has 0 spiro atoms. The van der Waals surface area contributed by atoms with E-state index < -0.39 is 0 Å². The summed E-state index contributed by atoms with van der Waals surface area (Å²) in [5.41, 5.74) is -0.341. The number of carbonyl (C=O) groups is 1. The minimum Gasteiger partial charge on any atom is -0.459 e. The number of esters is 1. The summed E-state index contributed by atoms with van der Waals surface area (Å²) in [4.78, 5) is 11.4. The highest BCUT2D eigenvalue weighted by Gasteiger charge is 2.26. The Morgan fingerprint density at radius 2 is 1.69 bits per heavy atom. The highest BCUT2D eigenvalue weighted by atomic mass is 16.6. The van der Waals surface area contributed by atoms with Crippen molar-refractivity contribution in [2.24, 2.45) is 11.8 Å². The molecule has 0 atom stereocenters. The summed E-state index contributed by atoms with van der Waals surface area (Å²) < 4.78 is 5.37. The van der Waals surface area contributed by atoms with Crippen LogP contribution in [0.2, 0.25) is 0 Å². The Balaban J connectivity index is 4.05. The molecule has 0 aliphatic carbocycles. The van der Waals surface area contributed by atoms with Gasteiger partial charge in [-0.15, -0.1) is 0 Å². The molecule has 0 bridgehead atoms. The van der Waals surface area contributed by atoms with Gasteiger partial charge in [0.2, 0.25) is 0 Å². The maximum Gasteiger partial charge on any atom is 0.306 e. The standard InChI is InChI=1S/C11H22O2/c1-8(2)7-10(12)13-11(5,6)9(3)4/h8-9H,7H2,1-6H3. The topological polar surface area (TPSA) is 26.3 Å². The molecule has 0 saturated carbocycles. The zero-order valence-corrected chi connectivity index (χ0v) is 9.68. The van der Waals surface area contributed by atoms with Gasteiger partial charge in [0, 0.05) is 6.42 Å². The summed E-state index contributed by atoms with van der Waals surface area (Å²) in [5, 5.41) is 0. The lowest BCUT2D eigenvalue weighted by Gasteiger charge is -2.29. The maximum atomic E-state index is 11.4. The molecule has 0 radical (unpaired) electrons. The van der Waals surface area contributed by atoms with Crippen LogP contribution in [0, 0.1) is 11.8 Å². The van der Waals surface area contributed by atoms with E-state index in [0.717, 1.165) is 0 Å². The highest BCUT2D eigenvalue weighted by molar-refractivity contribution is 5.70. The van der Waals surface area contributed by atoms with Gasteiger partial charge in [-0.2, -0.15) is 0 Å². The molecule has 0 N–H and O–H groups in total. The summed E-state index contributed by atoms with van der Waals surface area (Å²) >= 11 is 0. The van der Waals surface area contributed by atoms with Crippen molar-refractivity contribution >= 4 is 5.97 Å². The fourth-order valence-corrected chi connectivity index (χ4v) is 0.786. The molecule has 0 aromatic carbocycles. The molecular formula is C11H22O2. The SMILES string of the molecule is CC(C)CC(=O)OC(C)(C)C(C)C. The van der Waals surface area contributed by atoms with E-state index in [4.69, 9.17) is 4.74 Å². The Kier molecular flexibility index (Phi) is 4.45. The van der Waals surface area contributed by atoms with Crippen molar-refractivity contribution in [3.05, 3.63) is 0 Å². The van der Waals surface area contributed by atoms with Gasteiger partial charge >= 0.3 is 5.97 Å². The molecule has 2 nitrogen and oxygen atoms in total. The van der Waals surface area contributed by atoms with Crippen LogP contribution in [0.5, 0.6) is 0 Å². The average molecular weight is 186 g/mol. The molecule has 78 valence electrons. The molecule has 0 rings (SSSR count). The first kappa shape index (κ1) is 12.5. The van der Waals surface area contributed by atoms with E-state index in [1.165, 1.54) is 0 Å². The third-order valence-electron chi connectivity index (χ3n) is 2.34. The molecule has 13 heavy (non-hydrogen) atoms. The van der Waals surface area contributed by atoms with Crippen molar-refractivity contribution in [1.82, 2.24) is 0 Å². The zero-order valence-electron chi connectivity index (χ0n) is 9.68. The minimum absolute atomic E-state index is 0.0892. The predicted octanol–water partition coefficient (Wildman–Crippen LogP) is 3.01. The molecule has 0 aliphatic rings. The molecule has 0 amide bonds. The lowest BCUT2D eigenvalue weighted by atomic mass is 9.94. The molecule has 2 heteroatoms. The van der Waals surface area contributed by atoms with Gasteiger partial charge in [-0.25, -0.2) is 0 Å². The van der Waals surface area contributed by atoms with E-state index in [9.17, 15) is 4.79 Å². The first-order valence-electron chi connectivity index (χ1n) is 4.97. The van der Waals surface area contributed by atoms with E-state index in [0.29, 0.717) is 18.3 Å². The number of rotatable bonds is 4. The predicted molar refractivity (Wildman–Crippen MR) is 54.5 cm³/mol. The van der Waals surface area contributed by atoms with Crippen molar-refractivity contribution < 1.29 is 9.53 Å².